The Kier molecular flexibility index (Phi) is 20.1. The van der Waals surface area contributed by atoms with Crippen LogP contribution in [0, 0.1) is 55.4 Å². The molecule has 0 fully saturated rings. The minimum absolute atomic E-state index is 1.03. The van der Waals surface area contributed by atoms with Crippen molar-refractivity contribution in [3.63, 3.8) is 0 Å². The maximum Gasteiger partial charge on any atom is 0.137 e. The molecule has 8 aromatic rings. The second kappa shape index (κ2) is 23.3. The number of hydrogen-bond acceptors (Lipinski definition) is 3. The minimum atomic E-state index is 1.03. The lowest BCUT2D eigenvalue weighted by Gasteiger charge is -2.01. The molecule has 0 saturated heterocycles. The third-order valence-electron chi connectivity index (χ3n) is 7.86. The topological polar surface area (TPSA) is 56.3 Å². The third-order valence-corrected chi connectivity index (χ3v) is 7.86. The van der Waals surface area contributed by atoms with Crippen LogP contribution in [0.2, 0.25) is 0 Å². The quantitative estimate of drug-likeness (QED) is 0.158. The van der Waals surface area contributed by atoms with Crippen molar-refractivity contribution >= 4 is 22.2 Å². The fraction of sp³-hybridized carbons (Fsp3) is 0.356. The lowest BCUT2D eigenvalue weighted by Crippen LogP contribution is -1.94. The SMILES string of the molecule is CC.CC.CC.CC.Cc1ccc2ccnc(C)n12.Cc1ccc2cncc(C)n12.Cc1cccc2ccc(C)n12.Cc1ccnc2ccc(C)n12. The van der Waals surface area contributed by atoms with Gasteiger partial charge in [-0.15, -0.1) is 0 Å². The Morgan fingerprint density at radius 3 is 1.33 bits per heavy atom. The van der Waals surface area contributed by atoms with E-state index in [1.807, 2.05) is 105 Å². The van der Waals surface area contributed by atoms with Crippen LogP contribution >= 0.6 is 0 Å². The van der Waals surface area contributed by atoms with Crippen molar-refractivity contribution in [2.24, 2.45) is 0 Å². The highest BCUT2D eigenvalue weighted by Crippen LogP contribution is 2.13. The molecule has 0 saturated carbocycles. The molecule has 0 atom stereocenters. The molecule has 0 amide bonds. The Labute approximate surface area is 314 Å². The molecule has 0 aliphatic carbocycles. The molecule has 0 unspecified atom stereocenters. The summed E-state index contributed by atoms with van der Waals surface area (Å²) in [5.74, 6) is 1.05. The average Bonchev–Trinajstić information content (AvgIpc) is 3.97. The van der Waals surface area contributed by atoms with Gasteiger partial charge in [0.1, 0.15) is 11.5 Å². The summed E-state index contributed by atoms with van der Waals surface area (Å²) in [7, 11) is 0. The van der Waals surface area contributed by atoms with Gasteiger partial charge < -0.3 is 17.6 Å². The number of fused-ring (bicyclic) bond motifs is 4. The van der Waals surface area contributed by atoms with E-state index in [0.29, 0.717) is 0 Å². The van der Waals surface area contributed by atoms with Crippen LogP contribution in [0.3, 0.4) is 0 Å². The fourth-order valence-electron chi connectivity index (χ4n) is 5.74. The van der Waals surface area contributed by atoms with Gasteiger partial charge in [0.25, 0.3) is 0 Å². The van der Waals surface area contributed by atoms with Gasteiger partial charge in [0.15, 0.2) is 0 Å². The Morgan fingerprint density at radius 1 is 0.346 bits per heavy atom. The van der Waals surface area contributed by atoms with Crippen LogP contribution in [-0.4, -0.2) is 32.6 Å². The Hall–Kier alpha value is -5.17. The molecule has 0 spiro atoms. The Balaban J connectivity index is 0.000000325. The van der Waals surface area contributed by atoms with Crippen molar-refractivity contribution in [1.82, 2.24) is 32.6 Å². The van der Waals surface area contributed by atoms with E-state index in [-0.39, 0.29) is 0 Å². The molecule has 0 aliphatic rings. The zero-order chi connectivity index (χ0) is 39.4. The van der Waals surface area contributed by atoms with Crippen LogP contribution in [0.1, 0.15) is 101 Å². The van der Waals surface area contributed by atoms with Gasteiger partial charge in [-0.1, -0.05) is 61.5 Å². The number of rotatable bonds is 0. The van der Waals surface area contributed by atoms with Crippen LogP contribution in [0.15, 0.2) is 104 Å². The standard InChI is InChI=1S/C10H11N.3C9H10N2.4C2H6/c1-8-4-3-5-10-7-6-9(2)11(8)10;1-7-3-4-9-6-10-5-8(2)11(7)9;1-7-3-4-9-5-6-10-8(2)11(7)9;1-7-3-4-9-10-6-5-8(2)11(7)9;4*1-2/h3-7H,1-2H3;3*3-6H,1-2H3;4*1-2H3. The molecule has 7 nitrogen and oxygen atoms in total. The van der Waals surface area contributed by atoms with Crippen molar-refractivity contribution in [1.29, 1.82) is 0 Å². The molecule has 0 bridgehead atoms. The summed E-state index contributed by atoms with van der Waals surface area (Å²) < 4.78 is 8.72. The molecule has 7 heteroatoms. The van der Waals surface area contributed by atoms with Crippen molar-refractivity contribution < 1.29 is 0 Å². The Morgan fingerprint density at radius 2 is 0.788 bits per heavy atom. The number of pyridine rings is 1. The zero-order valence-electron chi connectivity index (χ0n) is 34.9. The molecule has 0 radical (unpaired) electrons. The van der Waals surface area contributed by atoms with Crippen LogP contribution in [-0.2, 0) is 0 Å². The van der Waals surface area contributed by atoms with E-state index in [4.69, 9.17) is 0 Å². The van der Waals surface area contributed by atoms with Crippen molar-refractivity contribution in [3.8, 4) is 0 Å². The van der Waals surface area contributed by atoms with Gasteiger partial charge in [-0.25, -0.2) is 9.97 Å². The summed E-state index contributed by atoms with van der Waals surface area (Å²) >= 11 is 0. The van der Waals surface area contributed by atoms with E-state index in [9.17, 15) is 0 Å². The predicted molar refractivity (Wildman–Crippen MR) is 226 cm³/mol. The Bertz CT molecular complexity index is 1860. The molecule has 0 aliphatic heterocycles. The molecule has 8 rings (SSSR count). The predicted octanol–water partition coefficient (Wildman–Crippen LogP) is 12.5. The molecule has 280 valence electrons. The van der Waals surface area contributed by atoms with Gasteiger partial charge in [0.2, 0.25) is 0 Å². The zero-order valence-corrected chi connectivity index (χ0v) is 34.9. The summed E-state index contributed by atoms with van der Waals surface area (Å²) in [6.07, 6.45) is 7.42. The molecular weight excluding hydrogens is 639 g/mol. The van der Waals surface area contributed by atoms with E-state index < -0.39 is 0 Å². The summed E-state index contributed by atoms with van der Waals surface area (Å²) in [5, 5.41) is 0. The van der Waals surface area contributed by atoms with Crippen LogP contribution in [0.25, 0.3) is 22.2 Å². The second-order valence-electron chi connectivity index (χ2n) is 11.2. The van der Waals surface area contributed by atoms with E-state index in [1.54, 1.807) is 0 Å². The number of hydrogen-bond donors (Lipinski definition) is 0. The van der Waals surface area contributed by atoms with Gasteiger partial charge in [-0.3, -0.25) is 4.98 Å². The second-order valence-corrected chi connectivity index (χ2v) is 11.2. The minimum Gasteiger partial charge on any atom is -0.319 e. The maximum atomic E-state index is 4.23. The van der Waals surface area contributed by atoms with E-state index in [2.05, 4.69) is 142 Å². The van der Waals surface area contributed by atoms with Gasteiger partial charge in [0.05, 0.1) is 11.7 Å². The smallest absolute Gasteiger partial charge is 0.137 e. The molecule has 8 heterocycles. The summed E-state index contributed by atoms with van der Waals surface area (Å²) in [6.45, 7) is 32.7. The largest absolute Gasteiger partial charge is 0.319 e. The first kappa shape index (κ1) is 44.9. The number of aryl methyl sites for hydroxylation is 8. The highest BCUT2D eigenvalue weighted by Gasteiger charge is 2.00. The van der Waals surface area contributed by atoms with Gasteiger partial charge in [0, 0.05) is 69.5 Å². The van der Waals surface area contributed by atoms with Crippen LogP contribution in [0.5, 0.6) is 0 Å². The summed E-state index contributed by atoms with van der Waals surface area (Å²) in [4.78, 5) is 12.5. The highest BCUT2D eigenvalue weighted by atomic mass is 15.0. The maximum absolute atomic E-state index is 4.23. The third kappa shape index (κ3) is 11.4. The molecule has 8 aromatic heterocycles. The normalized spacial score (nSPS) is 9.54. The van der Waals surface area contributed by atoms with Gasteiger partial charge in [-0.2, -0.15) is 0 Å². The van der Waals surface area contributed by atoms with Crippen molar-refractivity contribution in [3.05, 3.63) is 149 Å². The van der Waals surface area contributed by atoms with Gasteiger partial charge in [-0.05, 0) is 128 Å². The highest BCUT2D eigenvalue weighted by molar-refractivity contribution is 5.51. The van der Waals surface area contributed by atoms with Crippen LogP contribution < -0.4 is 0 Å². The monoisotopic (exact) mass is 704 g/mol. The molecule has 0 N–H and O–H groups in total. The first-order valence-corrected chi connectivity index (χ1v) is 18.9. The van der Waals surface area contributed by atoms with E-state index >= 15 is 0 Å². The lowest BCUT2D eigenvalue weighted by molar-refractivity contribution is 0.959. The summed E-state index contributed by atoms with van der Waals surface area (Å²) in [6, 6.07) is 27.1. The molecular formula is C45H65N7. The fourth-order valence-corrected chi connectivity index (χ4v) is 5.74. The van der Waals surface area contributed by atoms with E-state index in [0.717, 1.165) is 11.5 Å². The van der Waals surface area contributed by atoms with Crippen molar-refractivity contribution in [2.75, 3.05) is 0 Å². The van der Waals surface area contributed by atoms with Crippen LogP contribution in [0.4, 0.5) is 0 Å². The average molecular weight is 704 g/mol. The number of aromatic nitrogens is 7. The van der Waals surface area contributed by atoms with E-state index in [1.165, 1.54) is 56.4 Å². The molecule has 0 aromatic carbocycles. The van der Waals surface area contributed by atoms with Gasteiger partial charge >= 0.3 is 0 Å². The van der Waals surface area contributed by atoms with Crippen molar-refractivity contribution in [2.45, 2.75) is 111 Å². The lowest BCUT2D eigenvalue weighted by atomic mass is 10.3. The number of nitrogens with zero attached hydrogens (tertiary/aromatic N) is 7. The first-order chi connectivity index (χ1) is 25.2. The molecule has 52 heavy (non-hydrogen) atoms. The first-order valence-electron chi connectivity index (χ1n) is 18.9. The summed E-state index contributed by atoms with van der Waals surface area (Å²) in [5.41, 5.74) is 13.5.